The van der Waals surface area contributed by atoms with E-state index in [1.165, 1.54) is 4.90 Å². The molecule has 0 N–H and O–H groups in total. The fraction of sp³-hybridized carbons (Fsp3) is 0.750. The second-order valence-corrected chi connectivity index (χ2v) is 5.72. The summed E-state index contributed by atoms with van der Waals surface area (Å²) < 4.78 is 20.4. The van der Waals surface area contributed by atoms with Crippen LogP contribution in [-0.4, -0.2) is 59.7 Å². The Morgan fingerprint density at radius 2 is 2.00 bits per heavy atom. The first-order valence-electron chi connectivity index (χ1n) is 6.65. The summed E-state index contributed by atoms with van der Waals surface area (Å²) in [5.74, 6) is 0. The number of hydrogen-bond acceptors (Lipinski definition) is 8. The predicted molar refractivity (Wildman–Crippen MR) is 82.0 cm³/mol. The van der Waals surface area contributed by atoms with Gasteiger partial charge in [0, 0.05) is 57.0 Å². The molecule has 1 amide bonds. The first kappa shape index (κ1) is 18.1. The molecule has 1 rings (SSSR count). The second kappa shape index (κ2) is 9.93. The molecule has 0 saturated carbocycles. The molecule has 0 aliphatic carbocycles. The fourth-order valence-corrected chi connectivity index (χ4v) is 2.54. The van der Waals surface area contributed by atoms with Crippen molar-refractivity contribution in [1.29, 1.82) is 0 Å². The van der Waals surface area contributed by atoms with Gasteiger partial charge >= 0.3 is 0 Å². The molecule has 0 radical (unpaired) electrons. The van der Waals surface area contributed by atoms with Crippen molar-refractivity contribution in [2.45, 2.75) is 31.7 Å². The SMILES string of the molecule is CCOC(CCOc1nc(SC(=O)N(C)C)ns1)OCC. The molecule has 1 heterocycles. The average molecular weight is 335 g/mol. The number of carbonyl (C=O) groups excluding carboxylic acids is 1. The van der Waals surface area contributed by atoms with E-state index in [2.05, 4.69) is 9.36 Å². The maximum absolute atomic E-state index is 11.5. The van der Waals surface area contributed by atoms with Crippen LogP contribution in [0.15, 0.2) is 5.16 Å². The van der Waals surface area contributed by atoms with E-state index in [4.69, 9.17) is 14.2 Å². The summed E-state index contributed by atoms with van der Waals surface area (Å²) >= 11 is 2.10. The molecule has 1 aromatic heterocycles. The minimum absolute atomic E-state index is 0.118. The third-order valence-electron chi connectivity index (χ3n) is 2.22. The van der Waals surface area contributed by atoms with E-state index in [-0.39, 0.29) is 11.5 Å². The first-order valence-corrected chi connectivity index (χ1v) is 8.24. The summed E-state index contributed by atoms with van der Waals surface area (Å²) in [6.07, 6.45) is 0.345. The van der Waals surface area contributed by atoms with Crippen molar-refractivity contribution < 1.29 is 19.0 Å². The van der Waals surface area contributed by atoms with Crippen LogP contribution in [-0.2, 0) is 9.47 Å². The van der Waals surface area contributed by atoms with E-state index in [9.17, 15) is 4.79 Å². The Hall–Kier alpha value is -0.900. The molecule has 0 spiro atoms. The summed E-state index contributed by atoms with van der Waals surface area (Å²) in [6, 6.07) is 0. The minimum atomic E-state index is -0.267. The van der Waals surface area contributed by atoms with Crippen LogP contribution in [0.5, 0.6) is 5.19 Å². The highest BCUT2D eigenvalue weighted by molar-refractivity contribution is 8.13. The van der Waals surface area contributed by atoms with E-state index < -0.39 is 0 Å². The molecule has 0 bridgehead atoms. The Balaban J connectivity index is 2.35. The summed E-state index contributed by atoms with van der Waals surface area (Å²) in [6.45, 7) is 5.45. The number of aromatic nitrogens is 2. The van der Waals surface area contributed by atoms with E-state index in [1.807, 2.05) is 13.8 Å². The second-order valence-electron chi connectivity index (χ2n) is 4.08. The van der Waals surface area contributed by atoms with Crippen LogP contribution in [0.3, 0.4) is 0 Å². The predicted octanol–water partition coefficient (Wildman–Crippen LogP) is 2.48. The molecule has 0 unspecified atom stereocenters. The Morgan fingerprint density at radius 3 is 2.57 bits per heavy atom. The van der Waals surface area contributed by atoms with E-state index >= 15 is 0 Å². The molecular formula is C12H21N3O4S2. The monoisotopic (exact) mass is 335 g/mol. The third-order valence-corrected chi connectivity index (χ3v) is 3.87. The molecule has 120 valence electrons. The Labute approximate surface area is 133 Å². The third kappa shape index (κ3) is 7.07. The van der Waals surface area contributed by atoms with Gasteiger partial charge in [0.15, 0.2) is 6.29 Å². The van der Waals surface area contributed by atoms with Gasteiger partial charge in [-0.05, 0) is 13.8 Å². The quantitative estimate of drug-likeness (QED) is 0.507. The molecule has 7 nitrogen and oxygen atoms in total. The van der Waals surface area contributed by atoms with Crippen molar-refractivity contribution in [3.8, 4) is 5.19 Å². The van der Waals surface area contributed by atoms with Gasteiger partial charge in [-0.25, -0.2) is 0 Å². The number of thioether (sulfide) groups is 1. The highest BCUT2D eigenvalue weighted by Crippen LogP contribution is 2.23. The zero-order chi connectivity index (χ0) is 15.7. The summed E-state index contributed by atoms with van der Waals surface area (Å²) in [5.41, 5.74) is 0. The van der Waals surface area contributed by atoms with Crippen molar-refractivity contribution in [1.82, 2.24) is 14.3 Å². The molecule has 9 heteroatoms. The van der Waals surface area contributed by atoms with Gasteiger partial charge in [-0.3, -0.25) is 4.79 Å². The lowest BCUT2D eigenvalue weighted by molar-refractivity contribution is -0.142. The van der Waals surface area contributed by atoms with E-state index in [1.54, 1.807) is 14.1 Å². The lowest BCUT2D eigenvalue weighted by Gasteiger charge is -2.16. The van der Waals surface area contributed by atoms with Crippen molar-refractivity contribution in [3.63, 3.8) is 0 Å². The molecule has 0 saturated heterocycles. The van der Waals surface area contributed by atoms with Crippen LogP contribution < -0.4 is 4.74 Å². The molecule has 21 heavy (non-hydrogen) atoms. The average Bonchev–Trinajstić information content (AvgIpc) is 2.86. The maximum atomic E-state index is 11.5. The van der Waals surface area contributed by atoms with Crippen molar-refractivity contribution in [2.24, 2.45) is 0 Å². The maximum Gasteiger partial charge on any atom is 0.293 e. The van der Waals surface area contributed by atoms with Gasteiger partial charge in [0.1, 0.15) is 0 Å². The minimum Gasteiger partial charge on any atom is -0.469 e. The van der Waals surface area contributed by atoms with Crippen molar-refractivity contribution >= 4 is 28.5 Å². The lowest BCUT2D eigenvalue weighted by atomic mass is 10.4. The highest BCUT2D eigenvalue weighted by Gasteiger charge is 2.13. The molecule has 0 aliphatic heterocycles. The van der Waals surface area contributed by atoms with Crippen LogP contribution in [0.25, 0.3) is 0 Å². The lowest BCUT2D eigenvalue weighted by Crippen LogP contribution is -2.20. The number of carbonyl (C=O) groups is 1. The zero-order valence-corrected chi connectivity index (χ0v) is 14.3. The number of nitrogens with zero attached hydrogens (tertiary/aromatic N) is 3. The Bertz CT molecular complexity index is 422. The Morgan fingerprint density at radius 1 is 1.33 bits per heavy atom. The normalized spacial score (nSPS) is 10.9. The number of rotatable bonds is 9. The van der Waals surface area contributed by atoms with Crippen LogP contribution in [0, 0.1) is 0 Å². The molecule has 0 fully saturated rings. The van der Waals surface area contributed by atoms with E-state index in [0.29, 0.717) is 36.6 Å². The molecule has 0 aromatic carbocycles. The van der Waals surface area contributed by atoms with Gasteiger partial charge in [-0.2, -0.15) is 9.36 Å². The summed E-state index contributed by atoms with van der Waals surface area (Å²) in [7, 11) is 3.36. The summed E-state index contributed by atoms with van der Waals surface area (Å²) in [5, 5.41) is 0.725. The number of ether oxygens (including phenoxy) is 3. The largest absolute Gasteiger partial charge is 0.469 e. The van der Waals surface area contributed by atoms with Crippen molar-refractivity contribution in [2.75, 3.05) is 33.9 Å². The molecular weight excluding hydrogens is 314 g/mol. The Kier molecular flexibility index (Phi) is 8.58. The molecule has 0 aliphatic rings. The van der Waals surface area contributed by atoms with Gasteiger partial charge in [0.25, 0.3) is 10.4 Å². The van der Waals surface area contributed by atoms with Gasteiger partial charge in [-0.1, -0.05) is 0 Å². The van der Waals surface area contributed by atoms with Gasteiger partial charge in [-0.15, -0.1) is 0 Å². The topological polar surface area (TPSA) is 73.8 Å². The molecule has 1 aromatic rings. The number of amides is 1. The highest BCUT2D eigenvalue weighted by atomic mass is 32.2. The van der Waals surface area contributed by atoms with Gasteiger partial charge in [0.05, 0.1) is 6.61 Å². The fourth-order valence-electron chi connectivity index (χ4n) is 1.30. The molecule has 0 atom stereocenters. The van der Waals surface area contributed by atoms with Gasteiger partial charge < -0.3 is 19.1 Å². The van der Waals surface area contributed by atoms with Crippen molar-refractivity contribution in [3.05, 3.63) is 0 Å². The van der Waals surface area contributed by atoms with E-state index in [0.717, 1.165) is 23.3 Å². The van der Waals surface area contributed by atoms with Gasteiger partial charge in [0.2, 0.25) is 5.16 Å². The van der Waals surface area contributed by atoms with Crippen LogP contribution in [0.1, 0.15) is 20.3 Å². The van der Waals surface area contributed by atoms with Crippen LogP contribution in [0.2, 0.25) is 0 Å². The zero-order valence-electron chi connectivity index (χ0n) is 12.7. The van der Waals surface area contributed by atoms with Crippen LogP contribution in [0.4, 0.5) is 4.79 Å². The summed E-state index contributed by atoms with van der Waals surface area (Å²) in [4.78, 5) is 17.1. The standard InChI is InChI=1S/C12H21N3O4S2/c1-5-17-9(18-6-2)7-8-19-11-13-10(14-21-11)20-12(16)15(3)4/h9H,5-8H2,1-4H3. The number of hydrogen-bond donors (Lipinski definition) is 0. The smallest absolute Gasteiger partial charge is 0.293 e. The van der Waals surface area contributed by atoms with Crippen LogP contribution >= 0.6 is 23.3 Å². The first-order chi connectivity index (χ1) is 10.1.